The molecule has 3 saturated heterocycles. The first kappa shape index (κ1) is 25.3. The number of aliphatic hydroxyl groups excluding tert-OH is 2. The summed E-state index contributed by atoms with van der Waals surface area (Å²) in [5, 5.41) is 23.7. The van der Waals surface area contributed by atoms with Crippen molar-refractivity contribution in [1.29, 1.82) is 0 Å². The molecule has 7 aliphatic rings. The second kappa shape index (κ2) is 7.51. The number of hydrogen-bond donors (Lipinski definition) is 2. The Balaban J connectivity index is 1.21. The highest BCUT2D eigenvalue weighted by Gasteiger charge is 2.84. The van der Waals surface area contributed by atoms with E-state index in [4.69, 9.17) is 18.9 Å². The summed E-state index contributed by atoms with van der Waals surface area (Å²) in [6.45, 7) is 12.5. The second-order valence-corrected chi connectivity index (χ2v) is 15.0. The van der Waals surface area contributed by atoms with Gasteiger partial charge in [0, 0.05) is 24.7 Å². The molecule has 14 atom stereocenters. The van der Waals surface area contributed by atoms with Crippen LogP contribution in [-0.4, -0.2) is 57.8 Å². The minimum absolute atomic E-state index is 0.00144. The molecule has 37 heavy (non-hydrogen) atoms. The van der Waals surface area contributed by atoms with Crippen molar-refractivity contribution in [3.63, 3.8) is 0 Å². The molecule has 7 fully saturated rings. The number of aliphatic hydroxyl groups is 2. The molecule has 0 bridgehead atoms. The molecule has 3 aliphatic heterocycles. The fraction of sp³-hybridized carbons (Fsp3) is 0.967. The first-order valence-corrected chi connectivity index (χ1v) is 14.9. The molecule has 4 aliphatic carbocycles. The lowest BCUT2D eigenvalue weighted by molar-refractivity contribution is -0.315. The Hall–Kier alpha value is -0.730. The predicted molar refractivity (Wildman–Crippen MR) is 134 cm³/mol. The Morgan fingerprint density at radius 2 is 1.76 bits per heavy atom. The van der Waals surface area contributed by atoms with Crippen LogP contribution in [0.4, 0.5) is 0 Å². The van der Waals surface area contributed by atoms with Gasteiger partial charge < -0.3 is 29.2 Å². The monoisotopic (exact) mass is 518 g/mol. The zero-order valence-corrected chi connectivity index (χ0v) is 23.4. The van der Waals surface area contributed by atoms with Crippen molar-refractivity contribution in [2.24, 2.45) is 46.3 Å². The van der Waals surface area contributed by atoms with Gasteiger partial charge in [-0.3, -0.25) is 4.79 Å². The van der Waals surface area contributed by atoms with E-state index in [0.717, 1.165) is 44.9 Å². The van der Waals surface area contributed by atoms with E-state index in [-0.39, 0.29) is 46.9 Å². The Morgan fingerprint density at radius 1 is 1.00 bits per heavy atom. The van der Waals surface area contributed by atoms with Crippen molar-refractivity contribution >= 4 is 5.97 Å². The van der Waals surface area contributed by atoms with Crippen molar-refractivity contribution in [1.82, 2.24) is 0 Å². The van der Waals surface area contributed by atoms with Crippen LogP contribution in [0.15, 0.2) is 0 Å². The fourth-order valence-corrected chi connectivity index (χ4v) is 11.5. The second-order valence-electron chi connectivity index (χ2n) is 15.0. The van der Waals surface area contributed by atoms with Crippen molar-refractivity contribution in [2.75, 3.05) is 0 Å². The number of esters is 1. The molecule has 0 aromatic heterocycles. The Bertz CT molecular complexity index is 998. The highest BCUT2D eigenvalue weighted by molar-refractivity contribution is 5.66. The van der Waals surface area contributed by atoms with Gasteiger partial charge in [-0.05, 0) is 101 Å². The van der Waals surface area contributed by atoms with Gasteiger partial charge >= 0.3 is 5.97 Å². The minimum Gasteiger partial charge on any atom is -0.463 e. The van der Waals surface area contributed by atoms with E-state index in [2.05, 4.69) is 34.6 Å². The van der Waals surface area contributed by atoms with E-state index in [9.17, 15) is 15.0 Å². The Morgan fingerprint density at radius 3 is 2.43 bits per heavy atom. The maximum Gasteiger partial charge on any atom is 0.302 e. The van der Waals surface area contributed by atoms with Gasteiger partial charge in [0.2, 0.25) is 0 Å². The number of ether oxygens (including phenoxy) is 4. The summed E-state index contributed by atoms with van der Waals surface area (Å²) in [6.07, 6.45) is 5.65. The fourth-order valence-electron chi connectivity index (χ4n) is 11.5. The van der Waals surface area contributed by atoms with Crippen LogP contribution in [0.25, 0.3) is 0 Å². The predicted octanol–water partition coefficient (Wildman–Crippen LogP) is 4.18. The number of fused-ring (bicyclic) bond motifs is 5. The maximum absolute atomic E-state index is 12.0. The summed E-state index contributed by atoms with van der Waals surface area (Å²) >= 11 is 0. The van der Waals surface area contributed by atoms with Crippen LogP contribution >= 0.6 is 0 Å². The molecule has 3 heterocycles. The van der Waals surface area contributed by atoms with Gasteiger partial charge in [-0.1, -0.05) is 13.8 Å². The number of hydrogen-bond acceptors (Lipinski definition) is 7. The van der Waals surface area contributed by atoms with Crippen LogP contribution in [0.1, 0.15) is 92.9 Å². The topological polar surface area (TPSA) is 94.5 Å². The Labute approximate surface area is 220 Å². The van der Waals surface area contributed by atoms with Crippen molar-refractivity contribution in [3.8, 4) is 0 Å². The highest BCUT2D eigenvalue weighted by atomic mass is 16.8. The number of rotatable bonds is 1. The average Bonchev–Trinajstić information content (AvgIpc) is 3.39. The smallest absolute Gasteiger partial charge is 0.302 e. The summed E-state index contributed by atoms with van der Waals surface area (Å²) in [5.41, 5.74) is -1.53. The molecule has 0 aromatic rings. The minimum atomic E-state index is -0.915. The zero-order chi connectivity index (χ0) is 26.3. The summed E-state index contributed by atoms with van der Waals surface area (Å²) in [7, 11) is 0. The summed E-state index contributed by atoms with van der Waals surface area (Å²) in [4.78, 5) is 11.6. The summed E-state index contributed by atoms with van der Waals surface area (Å²) in [5.74, 6) is 0.523. The molecular formula is C30H46O7. The lowest BCUT2D eigenvalue weighted by Gasteiger charge is -2.62. The molecule has 7 rings (SSSR count). The first-order valence-electron chi connectivity index (χ1n) is 14.9. The van der Waals surface area contributed by atoms with Gasteiger partial charge in [0.15, 0.2) is 12.1 Å². The summed E-state index contributed by atoms with van der Waals surface area (Å²) < 4.78 is 25.8. The average molecular weight is 519 g/mol. The third-order valence-electron chi connectivity index (χ3n) is 13.2. The van der Waals surface area contributed by atoms with Crippen LogP contribution < -0.4 is 0 Å². The van der Waals surface area contributed by atoms with Crippen LogP contribution in [0.2, 0.25) is 0 Å². The van der Waals surface area contributed by atoms with Gasteiger partial charge in [-0.15, -0.1) is 0 Å². The maximum atomic E-state index is 12.0. The van der Waals surface area contributed by atoms with Gasteiger partial charge in [0.1, 0.15) is 11.7 Å². The highest BCUT2D eigenvalue weighted by Crippen LogP contribution is 2.77. The van der Waals surface area contributed by atoms with E-state index in [1.807, 2.05) is 0 Å². The summed E-state index contributed by atoms with van der Waals surface area (Å²) in [6, 6.07) is 0. The van der Waals surface area contributed by atoms with Gasteiger partial charge in [-0.2, -0.15) is 0 Å². The molecule has 10 unspecified atom stereocenters. The largest absolute Gasteiger partial charge is 0.463 e. The molecule has 2 spiro atoms. The normalized spacial score (nSPS) is 61.1. The molecule has 2 N–H and O–H groups in total. The molecule has 7 heteroatoms. The standard InChI is InChI=1S/C30H46O7/c1-15-13-30(37-26(15,3)4)28(6)24-22(35-30)12-20-19-8-7-17-11-18(34-16(2)31)9-10-27(17,5)23(19)21(32)14-29(20,24)25(33)36-28/h15,17-25,32-33H,7-14H2,1-6H3/t15-,17?,18+,19?,20?,21?,22?,23?,24?,25?,27-,28?,29+,30?/m0/s1. The molecule has 4 saturated carbocycles. The van der Waals surface area contributed by atoms with Gasteiger partial charge in [0.25, 0.3) is 0 Å². The van der Waals surface area contributed by atoms with E-state index < -0.39 is 29.2 Å². The van der Waals surface area contributed by atoms with E-state index in [1.165, 1.54) is 6.92 Å². The lowest BCUT2D eigenvalue weighted by atomic mass is 9.43. The molecule has 0 aromatic carbocycles. The number of carbonyl (C=O) groups is 1. The van der Waals surface area contributed by atoms with Gasteiger partial charge in [0.05, 0.1) is 17.8 Å². The third kappa shape index (κ3) is 2.94. The molecule has 208 valence electrons. The molecule has 7 nitrogen and oxygen atoms in total. The Kier molecular flexibility index (Phi) is 5.13. The third-order valence-corrected chi connectivity index (χ3v) is 13.2. The van der Waals surface area contributed by atoms with Crippen LogP contribution in [-0.2, 0) is 23.7 Å². The van der Waals surface area contributed by atoms with Crippen LogP contribution in [0.3, 0.4) is 0 Å². The first-order chi connectivity index (χ1) is 17.3. The lowest BCUT2D eigenvalue weighted by Crippen LogP contribution is -2.61. The zero-order valence-electron chi connectivity index (χ0n) is 23.4. The van der Waals surface area contributed by atoms with E-state index in [0.29, 0.717) is 24.2 Å². The van der Waals surface area contributed by atoms with Crippen LogP contribution in [0.5, 0.6) is 0 Å². The molecule has 0 radical (unpaired) electrons. The van der Waals surface area contributed by atoms with Crippen LogP contribution in [0, 0.1) is 46.3 Å². The van der Waals surface area contributed by atoms with Crippen molar-refractivity contribution in [2.45, 2.75) is 135 Å². The number of carbonyl (C=O) groups excluding carboxylic acids is 1. The van der Waals surface area contributed by atoms with Crippen molar-refractivity contribution in [3.05, 3.63) is 0 Å². The van der Waals surface area contributed by atoms with Gasteiger partial charge in [-0.25, -0.2) is 0 Å². The SMILES string of the molecule is CC(=O)O[C@@H]1CC[C@@]2(C)C(CCC3C2C(O)C[C@]24C(O)OC5(C)C2C(CC34)OC52C[C@H](C)C(C)(C)O2)C1. The molecular weight excluding hydrogens is 472 g/mol. The van der Waals surface area contributed by atoms with E-state index in [1.54, 1.807) is 0 Å². The quantitative estimate of drug-likeness (QED) is 0.503. The van der Waals surface area contributed by atoms with Crippen molar-refractivity contribution < 1.29 is 34.0 Å². The van der Waals surface area contributed by atoms with E-state index >= 15 is 0 Å². The molecule has 0 amide bonds.